The minimum absolute atomic E-state index is 0.106. The second kappa shape index (κ2) is 6.17. The van der Waals surface area contributed by atoms with Crippen molar-refractivity contribution in [3.8, 4) is 0 Å². The Morgan fingerprint density at radius 2 is 2.00 bits per heavy atom. The van der Waals surface area contributed by atoms with Gasteiger partial charge in [-0.05, 0) is 42.8 Å². The fourth-order valence-electron chi connectivity index (χ4n) is 1.68. The first-order chi connectivity index (χ1) is 9.08. The van der Waals surface area contributed by atoms with Gasteiger partial charge in [-0.2, -0.15) is 0 Å². The predicted octanol–water partition coefficient (Wildman–Crippen LogP) is 3.99. The summed E-state index contributed by atoms with van der Waals surface area (Å²) in [7, 11) is 0. The van der Waals surface area contributed by atoms with Crippen molar-refractivity contribution >= 4 is 33.4 Å². The number of nitrogens with one attached hydrogen (secondary N) is 1. The van der Waals surface area contributed by atoms with Gasteiger partial charge in [-0.15, -0.1) is 0 Å². The molecule has 1 aromatic heterocycles. The van der Waals surface area contributed by atoms with Crippen LogP contribution in [0.15, 0.2) is 47.2 Å². The third-order valence-corrected chi connectivity index (χ3v) is 3.55. The van der Waals surface area contributed by atoms with Gasteiger partial charge in [0.25, 0.3) is 5.91 Å². The zero-order chi connectivity index (χ0) is 13.8. The van der Waals surface area contributed by atoms with Gasteiger partial charge >= 0.3 is 0 Å². The summed E-state index contributed by atoms with van der Waals surface area (Å²) < 4.78 is 0.818. The van der Waals surface area contributed by atoms with Crippen LogP contribution < -0.4 is 5.32 Å². The fraction of sp³-hybridized carbons (Fsp3) is 0.143. The number of hydrogen-bond acceptors (Lipinski definition) is 2. The molecule has 3 nitrogen and oxygen atoms in total. The van der Waals surface area contributed by atoms with Crippen molar-refractivity contribution in [3.63, 3.8) is 0 Å². The Morgan fingerprint density at radius 3 is 2.68 bits per heavy atom. The molecule has 0 saturated carbocycles. The van der Waals surface area contributed by atoms with E-state index < -0.39 is 0 Å². The van der Waals surface area contributed by atoms with E-state index >= 15 is 0 Å². The first-order valence-electron chi connectivity index (χ1n) is 5.74. The van der Waals surface area contributed by atoms with E-state index in [0.717, 1.165) is 10.0 Å². The van der Waals surface area contributed by atoms with Crippen molar-refractivity contribution < 1.29 is 4.79 Å². The number of rotatable bonds is 3. The van der Waals surface area contributed by atoms with Crippen molar-refractivity contribution in [2.24, 2.45) is 0 Å². The highest BCUT2D eigenvalue weighted by atomic mass is 79.9. The van der Waals surface area contributed by atoms with Crippen molar-refractivity contribution in [3.05, 3.63) is 63.3 Å². The Hall–Kier alpha value is -1.39. The summed E-state index contributed by atoms with van der Waals surface area (Å²) >= 11 is 9.36. The van der Waals surface area contributed by atoms with Crippen LogP contribution >= 0.6 is 27.5 Å². The second-order valence-electron chi connectivity index (χ2n) is 4.10. The molecule has 2 rings (SSSR count). The summed E-state index contributed by atoms with van der Waals surface area (Å²) in [4.78, 5) is 16.1. The first kappa shape index (κ1) is 14.0. The molecule has 19 heavy (non-hydrogen) atoms. The molecule has 0 aliphatic carbocycles. The molecule has 2 aromatic rings. The van der Waals surface area contributed by atoms with Crippen LogP contribution in [0, 0.1) is 0 Å². The minimum Gasteiger partial charge on any atom is -0.345 e. The van der Waals surface area contributed by atoms with Crippen LogP contribution in [-0.2, 0) is 0 Å². The van der Waals surface area contributed by atoms with Crippen LogP contribution in [0.3, 0.4) is 0 Å². The number of hydrogen-bond donors (Lipinski definition) is 1. The average molecular weight is 340 g/mol. The molecule has 0 radical (unpaired) electrons. The van der Waals surface area contributed by atoms with Crippen LogP contribution in [0.1, 0.15) is 28.9 Å². The van der Waals surface area contributed by atoms with E-state index in [2.05, 4.69) is 26.2 Å². The van der Waals surface area contributed by atoms with Crippen LogP contribution in [0.5, 0.6) is 0 Å². The Morgan fingerprint density at radius 1 is 1.32 bits per heavy atom. The molecule has 1 heterocycles. The molecule has 5 heteroatoms. The van der Waals surface area contributed by atoms with Crippen molar-refractivity contribution in [1.82, 2.24) is 10.3 Å². The Balaban J connectivity index is 2.15. The highest BCUT2D eigenvalue weighted by molar-refractivity contribution is 9.10. The van der Waals surface area contributed by atoms with Gasteiger partial charge in [0.1, 0.15) is 0 Å². The summed E-state index contributed by atoms with van der Waals surface area (Å²) in [5.41, 5.74) is 1.45. The monoisotopic (exact) mass is 338 g/mol. The minimum atomic E-state index is -0.199. The van der Waals surface area contributed by atoms with Gasteiger partial charge in [-0.3, -0.25) is 9.78 Å². The lowest BCUT2D eigenvalue weighted by atomic mass is 10.1. The molecular weight excluding hydrogens is 328 g/mol. The van der Waals surface area contributed by atoms with Gasteiger partial charge in [0, 0.05) is 16.9 Å². The number of benzene rings is 1. The molecule has 1 N–H and O–H groups in total. The molecule has 0 fully saturated rings. The topological polar surface area (TPSA) is 42.0 Å². The number of carbonyl (C=O) groups excluding carboxylic acids is 1. The molecule has 0 spiro atoms. The summed E-state index contributed by atoms with van der Waals surface area (Å²) in [5, 5.41) is 3.34. The third kappa shape index (κ3) is 3.55. The van der Waals surface area contributed by atoms with E-state index in [0.29, 0.717) is 10.6 Å². The largest absolute Gasteiger partial charge is 0.345 e. The number of carbonyl (C=O) groups is 1. The third-order valence-electron chi connectivity index (χ3n) is 2.73. The highest BCUT2D eigenvalue weighted by Crippen LogP contribution is 2.22. The van der Waals surface area contributed by atoms with E-state index in [1.165, 1.54) is 0 Å². The van der Waals surface area contributed by atoms with Gasteiger partial charge in [-0.25, -0.2) is 0 Å². The number of amides is 1. The average Bonchev–Trinajstić information content (AvgIpc) is 2.42. The van der Waals surface area contributed by atoms with Gasteiger partial charge in [0.2, 0.25) is 0 Å². The molecule has 0 aliphatic heterocycles. The summed E-state index contributed by atoms with van der Waals surface area (Å²) in [6.07, 6.45) is 3.40. The number of pyridine rings is 1. The Kier molecular flexibility index (Phi) is 4.56. The summed E-state index contributed by atoms with van der Waals surface area (Å²) in [6, 6.07) is 8.83. The maximum atomic E-state index is 12.2. The van der Waals surface area contributed by atoms with Gasteiger partial charge in [0.15, 0.2) is 0 Å². The first-order valence-corrected chi connectivity index (χ1v) is 6.91. The van der Waals surface area contributed by atoms with E-state index in [4.69, 9.17) is 11.6 Å². The second-order valence-corrected chi connectivity index (χ2v) is 5.42. The van der Waals surface area contributed by atoms with Gasteiger partial charge in [-0.1, -0.05) is 27.5 Å². The zero-order valence-corrected chi connectivity index (χ0v) is 12.6. The van der Waals surface area contributed by atoms with Gasteiger partial charge in [0.05, 0.1) is 16.6 Å². The Labute approximate surface area is 125 Å². The van der Waals surface area contributed by atoms with E-state index in [9.17, 15) is 4.79 Å². The van der Waals surface area contributed by atoms with Crippen LogP contribution in [0.4, 0.5) is 0 Å². The molecule has 1 amide bonds. The lowest BCUT2D eigenvalue weighted by Gasteiger charge is -2.14. The maximum Gasteiger partial charge on any atom is 0.253 e. The lowest BCUT2D eigenvalue weighted by Crippen LogP contribution is -2.26. The van der Waals surface area contributed by atoms with Crippen molar-refractivity contribution in [1.29, 1.82) is 0 Å². The number of nitrogens with zero attached hydrogens (tertiary/aromatic N) is 1. The molecule has 1 aromatic carbocycles. The fourth-order valence-corrected chi connectivity index (χ4v) is 2.25. The summed E-state index contributed by atoms with van der Waals surface area (Å²) in [5.74, 6) is -0.199. The van der Waals surface area contributed by atoms with Gasteiger partial charge < -0.3 is 5.32 Å². The molecular formula is C14H12BrClN2O. The SMILES string of the molecule is C[C@H](NC(=O)c1cc(Br)ccc1Cl)c1ccncc1. The smallest absolute Gasteiger partial charge is 0.253 e. The van der Waals surface area contributed by atoms with Crippen molar-refractivity contribution in [2.75, 3.05) is 0 Å². The Bertz CT molecular complexity index is 589. The zero-order valence-electron chi connectivity index (χ0n) is 10.2. The highest BCUT2D eigenvalue weighted by Gasteiger charge is 2.14. The number of aromatic nitrogens is 1. The molecule has 0 aliphatic rings. The van der Waals surface area contributed by atoms with E-state index in [1.807, 2.05) is 19.1 Å². The molecule has 1 atom stereocenters. The molecule has 0 bridgehead atoms. The standard InChI is InChI=1S/C14H12BrClN2O/c1-9(10-4-6-17-7-5-10)18-14(19)12-8-11(15)2-3-13(12)16/h2-9H,1H3,(H,18,19)/t9-/m0/s1. The van der Waals surface area contributed by atoms with E-state index in [1.54, 1.807) is 30.6 Å². The van der Waals surface area contributed by atoms with Crippen LogP contribution in [0.2, 0.25) is 5.02 Å². The lowest BCUT2D eigenvalue weighted by molar-refractivity contribution is 0.0940. The molecule has 0 saturated heterocycles. The van der Waals surface area contributed by atoms with Crippen molar-refractivity contribution in [2.45, 2.75) is 13.0 Å². The van der Waals surface area contributed by atoms with Crippen LogP contribution in [0.25, 0.3) is 0 Å². The molecule has 98 valence electrons. The quantitative estimate of drug-likeness (QED) is 0.918. The van der Waals surface area contributed by atoms with Crippen LogP contribution in [-0.4, -0.2) is 10.9 Å². The normalized spacial score (nSPS) is 11.9. The maximum absolute atomic E-state index is 12.2. The number of halogens is 2. The predicted molar refractivity (Wildman–Crippen MR) is 79.3 cm³/mol. The molecule has 0 unspecified atom stereocenters. The summed E-state index contributed by atoms with van der Waals surface area (Å²) in [6.45, 7) is 1.92. The van der Waals surface area contributed by atoms with E-state index in [-0.39, 0.29) is 11.9 Å².